The van der Waals surface area contributed by atoms with Crippen molar-refractivity contribution in [2.24, 2.45) is 7.05 Å². The second-order valence-electron chi connectivity index (χ2n) is 7.46. The number of hydrogen-bond acceptors (Lipinski definition) is 4. The number of ether oxygens (including phenoxy) is 1. The van der Waals surface area contributed by atoms with Crippen molar-refractivity contribution in [3.05, 3.63) is 38.9 Å². The molecule has 2 N–H and O–H groups in total. The van der Waals surface area contributed by atoms with Crippen LogP contribution in [-0.4, -0.2) is 33.7 Å². The molecule has 0 bridgehead atoms. The van der Waals surface area contributed by atoms with Crippen molar-refractivity contribution in [1.82, 2.24) is 14.9 Å². The van der Waals surface area contributed by atoms with Gasteiger partial charge in [-0.1, -0.05) is 12.8 Å². The van der Waals surface area contributed by atoms with Gasteiger partial charge in [0.15, 0.2) is 4.77 Å². The van der Waals surface area contributed by atoms with Crippen molar-refractivity contribution in [3.8, 4) is 0 Å². The summed E-state index contributed by atoms with van der Waals surface area (Å²) in [5.74, 6) is -0.119. The van der Waals surface area contributed by atoms with Gasteiger partial charge in [0, 0.05) is 25.3 Å². The molecule has 7 heteroatoms. The number of hydrogen-bond donors (Lipinski definition) is 2. The third-order valence-corrected chi connectivity index (χ3v) is 6.08. The van der Waals surface area contributed by atoms with E-state index in [0.717, 1.165) is 25.7 Å². The Hall–Kier alpha value is -1.99. The van der Waals surface area contributed by atoms with Gasteiger partial charge in [0.2, 0.25) is 0 Å². The van der Waals surface area contributed by atoms with E-state index in [2.05, 4.69) is 10.3 Å². The Labute approximate surface area is 156 Å². The van der Waals surface area contributed by atoms with Crippen molar-refractivity contribution < 1.29 is 9.53 Å². The first-order valence-corrected chi connectivity index (χ1v) is 9.56. The van der Waals surface area contributed by atoms with Crippen LogP contribution in [0.25, 0.3) is 10.9 Å². The minimum absolute atomic E-state index is 0.0310. The number of carbonyl (C=O) groups excluding carboxylic acids is 1. The Morgan fingerprint density at radius 1 is 1.38 bits per heavy atom. The summed E-state index contributed by atoms with van der Waals surface area (Å²) in [6.07, 6.45) is 6.32. The standard InChI is InChI=1S/C19H23N3O3S/c1-22-17(24)14-5-4-12(10-15(14)21-18(22)26)16(23)20-13-6-9-25-19(11-13)7-2-3-8-19/h4-5,10,13H,2-3,6-9,11H2,1H3,(H,20,23)(H,21,26)/t13-/m0/s1. The third kappa shape index (κ3) is 3.10. The summed E-state index contributed by atoms with van der Waals surface area (Å²) in [6, 6.07) is 5.21. The molecule has 1 spiro atoms. The fraction of sp³-hybridized carbons (Fsp3) is 0.526. The van der Waals surface area contributed by atoms with Gasteiger partial charge in [-0.05, 0) is 56.1 Å². The highest BCUT2D eigenvalue weighted by Crippen LogP contribution is 2.40. The number of carbonyl (C=O) groups is 1. The average molecular weight is 373 g/mol. The zero-order valence-corrected chi connectivity index (χ0v) is 15.7. The Balaban J connectivity index is 1.55. The topological polar surface area (TPSA) is 76.1 Å². The van der Waals surface area contributed by atoms with Gasteiger partial charge in [-0.2, -0.15) is 0 Å². The largest absolute Gasteiger partial charge is 0.375 e. The highest BCUT2D eigenvalue weighted by Gasteiger charge is 2.40. The molecule has 1 saturated heterocycles. The molecule has 1 aromatic carbocycles. The summed E-state index contributed by atoms with van der Waals surface area (Å²) >= 11 is 5.16. The van der Waals surface area contributed by atoms with Crippen LogP contribution in [0.2, 0.25) is 0 Å². The van der Waals surface area contributed by atoms with Crippen LogP contribution < -0.4 is 10.9 Å². The molecule has 138 valence electrons. The fourth-order valence-corrected chi connectivity index (χ4v) is 4.43. The second-order valence-corrected chi connectivity index (χ2v) is 7.84. The van der Waals surface area contributed by atoms with Crippen LogP contribution in [0.5, 0.6) is 0 Å². The van der Waals surface area contributed by atoms with E-state index in [1.165, 1.54) is 17.4 Å². The van der Waals surface area contributed by atoms with E-state index < -0.39 is 0 Å². The molecule has 2 heterocycles. The zero-order valence-electron chi connectivity index (χ0n) is 14.8. The Morgan fingerprint density at radius 3 is 2.92 bits per heavy atom. The lowest BCUT2D eigenvalue weighted by Gasteiger charge is -2.38. The minimum atomic E-state index is -0.164. The highest BCUT2D eigenvalue weighted by atomic mass is 32.1. The number of fused-ring (bicyclic) bond motifs is 1. The first-order chi connectivity index (χ1) is 12.5. The second kappa shape index (κ2) is 6.63. The normalized spacial score (nSPS) is 22.0. The van der Waals surface area contributed by atoms with Gasteiger partial charge in [-0.3, -0.25) is 14.2 Å². The van der Waals surface area contributed by atoms with Crippen molar-refractivity contribution >= 4 is 29.0 Å². The summed E-state index contributed by atoms with van der Waals surface area (Å²) in [6.45, 7) is 0.700. The molecule has 2 fully saturated rings. The summed E-state index contributed by atoms with van der Waals surface area (Å²) < 4.78 is 7.76. The number of amides is 1. The SMILES string of the molecule is Cn1c(=S)[nH]c2cc(C(=O)N[C@H]3CCOC4(CCCC4)C3)ccc2c1=O. The number of benzene rings is 1. The summed E-state index contributed by atoms with van der Waals surface area (Å²) in [5.41, 5.74) is 0.924. The molecule has 1 aromatic heterocycles. The quantitative estimate of drug-likeness (QED) is 0.794. The molecule has 2 aromatic rings. The van der Waals surface area contributed by atoms with E-state index in [4.69, 9.17) is 17.0 Å². The molecule has 1 aliphatic heterocycles. The van der Waals surface area contributed by atoms with Crippen molar-refractivity contribution in [2.45, 2.75) is 50.2 Å². The molecular formula is C19H23N3O3S. The van der Waals surface area contributed by atoms with E-state index in [-0.39, 0.29) is 23.1 Å². The molecule has 26 heavy (non-hydrogen) atoms. The van der Waals surface area contributed by atoms with Crippen molar-refractivity contribution in [1.29, 1.82) is 0 Å². The molecule has 0 radical (unpaired) electrons. The van der Waals surface area contributed by atoms with E-state index >= 15 is 0 Å². The van der Waals surface area contributed by atoms with Crippen LogP contribution in [0.4, 0.5) is 0 Å². The molecular weight excluding hydrogens is 350 g/mol. The maximum absolute atomic E-state index is 12.7. The molecule has 0 unspecified atom stereocenters. The fourth-order valence-electron chi connectivity index (χ4n) is 4.23. The number of nitrogens with zero attached hydrogens (tertiary/aromatic N) is 1. The van der Waals surface area contributed by atoms with Gasteiger partial charge in [0.05, 0.1) is 16.5 Å². The zero-order chi connectivity index (χ0) is 18.3. The van der Waals surface area contributed by atoms with Crippen molar-refractivity contribution in [3.63, 3.8) is 0 Å². The molecule has 1 amide bonds. The third-order valence-electron chi connectivity index (χ3n) is 5.71. The molecule has 1 atom stereocenters. The number of aromatic nitrogens is 2. The lowest BCUT2D eigenvalue weighted by Crippen LogP contribution is -2.47. The Bertz CT molecular complexity index is 972. The molecule has 1 saturated carbocycles. The molecule has 6 nitrogen and oxygen atoms in total. The van der Waals surface area contributed by atoms with Crippen LogP contribution in [0.3, 0.4) is 0 Å². The summed E-state index contributed by atoms with van der Waals surface area (Å²) in [4.78, 5) is 28.0. The monoisotopic (exact) mass is 373 g/mol. The maximum Gasteiger partial charge on any atom is 0.261 e. The predicted octanol–water partition coefficient (Wildman–Crippen LogP) is 2.82. The van der Waals surface area contributed by atoms with E-state index in [1.807, 2.05) is 0 Å². The number of aromatic amines is 1. The summed E-state index contributed by atoms with van der Waals surface area (Å²) in [5, 5.41) is 3.67. The lowest BCUT2D eigenvalue weighted by atomic mass is 9.89. The van der Waals surface area contributed by atoms with Crippen LogP contribution in [0.1, 0.15) is 48.9 Å². The molecule has 4 rings (SSSR count). The number of nitrogens with one attached hydrogen (secondary N) is 2. The van der Waals surface area contributed by atoms with Crippen LogP contribution in [0, 0.1) is 4.77 Å². The van der Waals surface area contributed by atoms with E-state index in [1.54, 1.807) is 25.2 Å². The van der Waals surface area contributed by atoms with E-state index in [0.29, 0.717) is 27.8 Å². The van der Waals surface area contributed by atoms with Gasteiger partial charge in [-0.25, -0.2) is 0 Å². The highest BCUT2D eigenvalue weighted by molar-refractivity contribution is 7.71. The van der Waals surface area contributed by atoms with Gasteiger partial charge >= 0.3 is 0 Å². The smallest absolute Gasteiger partial charge is 0.261 e. The lowest BCUT2D eigenvalue weighted by molar-refractivity contribution is -0.0823. The number of rotatable bonds is 2. The van der Waals surface area contributed by atoms with E-state index in [9.17, 15) is 9.59 Å². The van der Waals surface area contributed by atoms with Crippen LogP contribution >= 0.6 is 12.2 Å². The molecule has 1 aliphatic carbocycles. The number of H-pyrrole nitrogens is 1. The Kier molecular flexibility index (Phi) is 4.44. The van der Waals surface area contributed by atoms with Crippen LogP contribution in [0.15, 0.2) is 23.0 Å². The Morgan fingerprint density at radius 2 is 2.15 bits per heavy atom. The van der Waals surface area contributed by atoms with Crippen LogP contribution in [-0.2, 0) is 11.8 Å². The average Bonchev–Trinajstić information content (AvgIpc) is 3.07. The van der Waals surface area contributed by atoms with Gasteiger partial charge in [0.25, 0.3) is 11.5 Å². The maximum atomic E-state index is 12.7. The molecule has 2 aliphatic rings. The first-order valence-electron chi connectivity index (χ1n) is 9.15. The first kappa shape index (κ1) is 17.4. The van der Waals surface area contributed by atoms with Crippen molar-refractivity contribution in [2.75, 3.05) is 6.61 Å². The van der Waals surface area contributed by atoms with Gasteiger partial charge in [0.1, 0.15) is 0 Å². The minimum Gasteiger partial charge on any atom is -0.375 e. The predicted molar refractivity (Wildman–Crippen MR) is 102 cm³/mol. The van der Waals surface area contributed by atoms with Gasteiger partial charge < -0.3 is 15.0 Å². The summed E-state index contributed by atoms with van der Waals surface area (Å²) in [7, 11) is 1.63. The van der Waals surface area contributed by atoms with Gasteiger partial charge in [-0.15, -0.1) is 0 Å².